The Bertz CT molecular complexity index is 417. The van der Waals surface area contributed by atoms with E-state index in [1.54, 1.807) is 7.11 Å². The third kappa shape index (κ3) is 3.62. The Labute approximate surface area is 118 Å². The Morgan fingerprint density at radius 2 is 2.21 bits per heavy atom. The van der Waals surface area contributed by atoms with Crippen molar-refractivity contribution in [3.63, 3.8) is 0 Å². The molecule has 0 aromatic carbocycles. The van der Waals surface area contributed by atoms with Gasteiger partial charge in [0.25, 0.3) is 0 Å². The summed E-state index contributed by atoms with van der Waals surface area (Å²) in [7, 11) is 1.58. The van der Waals surface area contributed by atoms with Gasteiger partial charge in [-0.2, -0.15) is 26.7 Å². The largest absolute Gasteiger partial charge is 0.467 e. The average Bonchev–Trinajstić information content (AvgIpc) is 2.47. The topological polar surface area (TPSA) is 63.2 Å². The number of methoxy groups -OCH3 is 1. The van der Waals surface area contributed by atoms with Crippen LogP contribution < -0.4 is 15.0 Å². The van der Waals surface area contributed by atoms with Crippen molar-refractivity contribution in [2.75, 3.05) is 42.7 Å². The Kier molecular flexibility index (Phi) is 5.07. The lowest BCUT2D eigenvalue weighted by atomic mass is 10.3. The Morgan fingerprint density at radius 1 is 1.37 bits per heavy atom. The molecule has 0 aliphatic carbocycles. The summed E-state index contributed by atoms with van der Waals surface area (Å²) in [5.74, 6) is 2.40. The monoisotopic (exact) mass is 283 g/mol. The maximum Gasteiger partial charge on any atom is 0.322 e. The Balaban J connectivity index is 2.19. The van der Waals surface area contributed by atoms with Gasteiger partial charge in [-0.3, -0.25) is 0 Å². The molecule has 0 radical (unpaired) electrons. The molecule has 1 saturated heterocycles. The number of nitrogens with one attached hydrogen (secondary N) is 1. The molecule has 7 heteroatoms. The van der Waals surface area contributed by atoms with Crippen LogP contribution in [0.3, 0.4) is 0 Å². The lowest BCUT2D eigenvalue weighted by Gasteiger charge is -2.31. The average molecular weight is 283 g/mol. The fourth-order valence-corrected chi connectivity index (χ4v) is 3.14. The minimum Gasteiger partial charge on any atom is -0.467 e. The highest BCUT2D eigenvalue weighted by Gasteiger charge is 2.22. The molecule has 6 nitrogen and oxygen atoms in total. The molecule has 0 saturated carbocycles. The van der Waals surface area contributed by atoms with Crippen molar-refractivity contribution < 1.29 is 4.74 Å². The van der Waals surface area contributed by atoms with Gasteiger partial charge >= 0.3 is 6.01 Å². The van der Waals surface area contributed by atoms with E-state index in [0.717, 1.165) is 25.4 Å². The van der Waals surface area contributed by atoms with E-state index in [1.807, 2.05) is 18.7 Å². The van der Waals surface area contributed by atoms with Crippen molar-refractivity contribution in [1.29, 1.82) is 0 Å². The lowest BCUT2D eigenvalue weighted by Crippen LogP contribution is -2.38. The second-order valence-electron chi connectivity index (χ2n) is 4.32. The Morgan fingerprint density at radius 3 is 2.89 bits per heavy atom. The smallest absolute Gasteiger partial charge is 0.322 e. The van der Waals surface area contributed by atoms with Crippen LogP contribution in [0, 0.1) is 0 Å². The molecule has 1 unspecified atom stereocenters. The van der Waals surface area contributed by atoms with Crippen LogP contribution >= 0.6 is 11.8 Å². The van der Waals surface area contributed by atoms with Crippen molar-refractivity contribution in [3.8, 4) is 6.01 Å². The number of hydrogen-bond donors (Lipinski definition) is 1. The van der Waals surface area contributed by atoms with Gasteiger partial charge in [-0.15, -0.1) is 0 Å². The first-order valence-electron chi connectivity index (χ1n) is 6.67. The van der Waals surface area contributed by atoms with Crippen LogP contribution in [0.5, 0.6) is 6.01 Å². The van der Waals surface area contributed by atoms with Crippen LogP contribution in [0.25, 0.3) is 0 Å². The zero-order chi connectivity index (χ0) is 13.7. The number of hydrogen-bond acceptors (Lipinski definition) is 7. The SMILES string of the molecule is CCNc1nc(OC)nc(N2CCSC(CC)C2)n1. The van der Waals surface area contributed by atoms with Crippen molar-refractivity contribution in [2.24, 2.45) is 0 Å². The molecule has 1 aliphatic heterocycles. The van der Waals surface area contributed by atoms with E-state index in [2.05, 4.69) is 32.1 Å². The van der Waals surface area contributed by atoms with Gasteiger partial charge in [0, 0.05) is 30.6 Å². The molecule has 1 aromatic heterocycles. The normalized spacial score (nSPS) is 19.3. The summed E-state index contributed by atoms with van der Waals surface area (Å²) in [4.78, 5) is 15.2. The number of rotatable bonds is 5. The first-order valence-corrected chi connectivity index (χ1v) is 7.72. The van der Waals surface area contributed by atoms with Gasteiger partial charge in [0.1, 0.15) is 0 Å². The van der Waals surface area contributed by atoms with E-state index >= 15 is 0 Å². The molecule has 1 aromatic rings. The summed E-state index contributed by atoms with van der Waals surface area (Å²) in [6, 6.07) is 0.368. The van der Waals surface area contributed by atoms with E-state index in [-0.39, 0.29) is 0 Å². The molecule has 2 rings (SSSR count). The second-order valence-corrected chi connectivity index (χ2v) is 5.73. The van der Waals surface area contributed by atoms with Crippen molar-refractivity contribution in [1.82, 2.24) is 15.0 Å². The molecule has 1 atom stereocenters. The highest BCUT2D eigenvalue weighted by molar-refractivity contribution is 8.00. The van der Waals surface area contributed by atoms with E-state index in [9.17, 15) is 0 Å². The molecule has 19 heavy (non-hydrogen) atoms. The highest BCUT2D eigenvalue weighted by Crippen LogP contribution is 2.24. The van der Waals surface area contributed by atoms with Gasteiger partial charge in [0.15, 0.2) is 0 Å². The maximum atomic E-state index is 5.15. The van der Waals surface area contributed by atoms with Crippen molar-refractivity contribution in [3.05, 3.63) is 0 Å². The summed E-state index contributed by atoms with van der Waals surface area (Å²) < 4.78 is 5.15. The predicted octanol–water partition coefficient (Wildman–Crippen LogP) is 1.64. The first kappa shape index (κ1) is 14.2. The van der Waals surface area contributed by atoms with Gasteiger partial charge in [-0.25, -0.2) is 0 Å². The number of ether oxygens (including phenoxy) is 1. The fraction of sp³-hybridized carbons (Fsp3) is 0.750. The molecule has 1 N–H and O–H groups in total. The van der Waals surface area contributed by atoms with Crippen molar-refractivity contribution >= 4 is 23.7 Å². The van der Waals surface area contributed by atoms with Gasteiger partial charge in [-0.1, -0.05) is 6.92 Å². The van der Waals surface area contributed by atoms with E-state index in [0.29, 0.717) is 23.2 Å². The first-order chi connectivity index (χ1) is 9.26. The lowest BCUT2D eigenvalue weighted by molar-refractivity contribution is 0.378. The molecule has 1 fully saturated rings. The molecule has 2 heterocycles. The minimum absolute atomic E-state index is 0.368. The van der Waals surface area contributed by atoms with Gasteiger partial charge in [-0.05, 0) is 13.3 Å². The number of aromatic nitrogens is 3. The maximum absolute atomic E-state index is 5.15. The zero-order valence-corrected chi connectivity index (χ0v) is 12.5. The number of nitrogens with zero attached hydrogens (tertiary/aromatic N) is 4. The van der Waals surface area contributed by atoms with Gasteiger partial charge in [0.2, 0.25) is 11.9 Å². The van der Waals surface area contributed by atoms with Crippen molar-refractivity contribution in [2.45, 2.75) is 25.5 Å². The third-order valence-corrected chi connectivity index (χ3v) is 4.37. The standard InChI is InChI=1S/C12H21N5OS/c1-4-9-8-17(6-7-19-9)11-14-10(13-5-2)15-12(16-11)18-3/h9H,4-8H2,1-3H3,(H,13,14,15,16). The van der Waals surface area contributed by atoms with Crippen LogP contribution in [0.15, 0.2) is 0 Å². The molecule has 0 spiro atoms. The van der Waals surface area contributed by atoms with Crippen LogP contribution in [0.1, 0.15) is 20.3 Å². The van der Waals surface area contributed by atoms with Crippen LogP contribution in [-0.2, 0) is 0 Å². The number of anilines is 2. The zero-order valence-electron chi connectivity index (χ0n) is 11.7. The summed E-state index contributed by atoms with van der Waals surface area (Å²) in [5.41, 5.74) is 0. The van der Waals surface area contributed by atoms with Crippen LogP contribution in [0.4, 0.5) is 11.9 Å². The van der Waals surface area contributed by atoms with Crippen LogP contribution in [0.2, 0.25) is 0 Å². The predicted molar refractivity (Wildman–Crippen MR) is 79.3 cm³/mol. The van der Waals surface area contributed by atoms with Crippen LogP contribution in [-0.4, -0.2) is 52.7 Å². The van der Waals surface area contributed by atoms with E-state index in [4.69, 9.17) is 4.74 Å². The van der Waals surface area contributed by atoms with Gasteiger partial charge < -0.3 is 15.0 Å². The molecule has 1 aliphatic rings. The van der Waals surface area contributed by atoms with E-state index in [1.165, 1.54) is 6.42 Å². The summed E-state index contributed by atoms with van der Waals surface area (Å²) in [5, 5.41) is 3.76. The fourth-order valence-electron chi connectivity index (χ4n) is 1.96. The Hall–Kier alpha value is -1.24. The minimum atomic E-state index is 0.368. The molecule has 0 amide bonds. The number of thioether (sulfide) groups is 1. The molecule has 0 bridgehead atoms. The van der Waals surface area contributed by atoms with Gasteiger partial charge in [0.05, 0.1) is 7.11 Å². The quantitative estimate of drug-likeness (QED) is 0.881. The molecular formula is C12H21N5OS. The summed E-state index contributed by atoms with van der Waals surface area (Å²) in [6.07, 6.45) is 1.17. The van der Waals surface area contributed by atoms with E-state index < -0.39 is 0 Å². The third-order valence-electron chi connectivity index (χ3n) is 3.00. The summed E-state index contributed by atoms with van der Waals surface area (Å²) in [6.45, 7) is 6.97. The summed E-state index contributed by atoms with van der Waals surface area (Å²) >= 11 is 2.03. The highest BCUT2D eigenvalue weighted by atomic mass is 32.2. The second kappa shape index (κ2) is 6.79. The molecular weight excluding hydrogens is 262 g/mol. The molecule has 106 valence electrons.